The van der Waals surface area contributed by atoms with Gasteiger partial charge in [-0.15, -0.1) is 0 Å². The minimum Gasteiger partial charge on any atom is -0.299 e. The molecule has 1 aromatic heterocycles. The smallest absolute Gasteiger partial charge is 0.148 e. The number of aromatic nitrogens is 1. The van der Waals surface area contributed by atoms with Crippen LogP contribution >= 0.6 is 23.2 Å². The Morgan fingerprint density at radius 3 is 2.59 bits per heavy atom. The fourth-order valence-electron chi connectivity index (χ4n) is 1.22. The molecule has 0 saturated heterocycles. The van der Waals surface area contributed by atoms with Gasteiger partial charge in [0.05, 0.1) is 16.5 Å². The number of sulfone groups is 1. The van der Waals surface area contributed by atoms with Crippen molar-refractivity contribution in [2.75, 3.05) is 25.6 Å². The number of rotatable bonds is 5. The van der Waals surface area contributed by atoms with Gasteiger partial charge in [-0.05, 0) is 19.2 Å². The van der Waals surface area contributed by atoms with Crippen LogP contribution in [0.15, 0.2) is 12.1 Å². The van der Waals surface area contributed by atoms with Crippen LogP contribution in [-0.4, -0.2) is 43.9 Å². The van der Waals surface area contributed by atoms with Crippen molar-refractivity contribution in [1.29, 1.82) is 0 Å². The summed E-state index contributed by atoms with van der Waals surface area (Å²) in [5.41, 5.74) is 0.648. The van der Waals surface area contributed by atoms with E-state index in [0.29, 0.717) is 29.0 Å². The van der Waals surface area contributed by atoms with E-state index in [2.05, 4.69) is 4.98 Å². The summed E-state index contributed by atoms with van der Waals surface area (Å²) in [6, 6.07) is 3.29. The zero-order valence-corrected chi connectivity index (χ0v) is 12.0. The molecule has 17 heavy (non-hydrogen) atoms. The molecule has 96 valence electrons. The second-order valence-electron chi connectivity index (χ2n) is 3.93. The van der Waals surface area contributed by atoms with Gasteiger partial charge < -0.3 is 0 Å². The van der Waals surface area contributed by atoms with E-state index in [4.69, 9.17) is 23.2 Å². The Kier molecular flexibility index (Phi) is 5.19. The third kappa shape index (κ3) is 5.68. The molecular weight excluding hydrogens is 283 g/mol. The lowest BCUT2D eigenvalue weighted by atomic mass is 10.3. The molecule has 0 unspecified atom stereocenters. The number of hydrogen-bond acceptors (Lipinski definition) is 4. The largest absolute Gasteiger partial charge is 0.299 e. The summed E-state index contributed by atoms with van der Waals surface area (Å²) >= 11 is 11.7. The van der Waals surface area contributed by atoms with Gasteiger partial charge in [0, 0.05) is 19.3 Å². The highest BCUT2D eigenvalue weighted by Gasteiger charge is 2.09. The van der Waals surface area contributed by atoms with Crippen LogP contribution in [0.25, 0.3) is 0 Å². The highest BCUT2D eigenvalue weighted by Crippen LogP contribution is 2.17. The van der Waals surface area contributed by atoms with Crippen molar-refractivity contribution < 1.29 is 8.42 Å². The minimum absolute atomic E-state index is 0.113. The van der Waals surface area contributed by atoms with E-state index >= 15 is 0 Å². The van der Waals surface area contributed by atoms with Gasteiger partial charge >= 0.3 is 0 Å². The average Bonchev–Trinajstić information content (AvgIpc) is 2.20. The molecule has 0 atom stereocenters. The van der Waals surface area contributed by atoms with Crippen molar-refractivity contribution in [3.8, 4) is 0 Å². The third-order valence-electron chi connectivity index (χ3n) is 2.15. The first-order valence-corrected chi connectivity index (χ1v) is 7.77. The van der Waals surface area contributed by atoms with E-state index in [9.17, 15) is 8.42 Å². The molecule has 1 aromatic rings. The number of nitrogens with zero attached hydrogens (tertiary/aromatic N) is 2. The molecule has 1 heterocycles. The van der Waals surface area contributed by atoms with E-state index in [1.165, 1.54) is 6.26 Å². The lowest BCUT2D eigenvalue weighted by molar-refractivity contribution is 0.342. The van der Waals surface area contributed by atoms with E-state index in [-0.39, 0.29) is 5.75 Å². The molecule has 0 aliphatic carbocycles. The molecule has 0 spiro atoms. The van der Waals surface area contributed by atoms with Crippen LogP contribution in [0.5, 0.6) is 0 Å². The molecule has 7 heteroatoms. The summed E-state index contributed by atoms with van der Waals surface area (Å²) in [7, 11) is -1.14. The molecule has 0 fully saturated rings. The first-order valence-electron chi connectivity index (χ1n) is 4.95. The summed E-state index contributed by atoms with van der Waals surface area (Å²) in [6.07, 6.45) is 1.21. The lowest BCUT2D eigenvalue weighted by Gasteiger charge is -2.16. The number of pyridine rings is 1. The van der Waals surface area contributed by atoms with Gasteiger partial charge in [-0.25, -0.2) is 13.4 Å². The van der Waals surface area contributed by atoms with Crippen molar-refractivity contribution in [2.45, 2.75) is 6.54 Å². The maximum Gasteiger partial charge on any atom is 0.148 e. The van der Waals surface area contributed by atoms with Gasteiger partial charge in [0.2, 0.25) is 0 Å². The van der Waals surface area contributed by atoms with Crippen molar-refractivity contribution >= 4 is 33.0 Å². The van der Waals surface area contributed by atoms with Crippen LogP contribution in [0.1, 0.15) is 5.69 Å². The monoisotopic (exact) mass is 296 g/mol. The summed E-state index contributed by atoms with van der Waals surface area (Å²) in [4.78, 5) is 5.94. The summed E-state index contributed by atoms with van der Waals surface area (Å²) in [5.74, 6) is 0.113. The predicted molar refractivity (Wildman–Crippen MR) is 70.3 cm³/mol. The molecule has 0 saturated carbocycles. The Hall–Kier alpha value is -0.360. The predicted octanol–water partition coefficient (Wildman–Crippen LogP) is 1.86. The Morgan fingerprint density at radius 2 is 2.00 bits per heavy atom. The molecule has 0 aliphatic heterocycles. The third-order valence-corrected chi connectivity index (χ3v) is 3.63. The molecule has 4 nitrogen and oxygen atoms in total. The van der Waals surface area contributed by atoms with Gasteiger partial charge in [-0.1, -0.05) is 23.2 Å². The van der Waals surface area contributed by atoms with Crippen LogP contribution in [-0.2, 0) is 16.4 Å². The first kappa shape index (κ1) is 14.7. The van der Waals surface area contributed by atoms with E-state index in [1.807, 2.05) is 11.9 Å². The molecule has 0 amide bonds. The van der Waals surface area contributed by atoms with E-state index in [0.717, 1.165) is 0 Å². The summed E-state index contributed by atoms with van der Waals surface area (Å²) in [5, 5.41) is 0.904. The SMILES string of the molecule is CN(CCS(C)(=O)=O)Cc1nc(Cl)ccc1Cl. The molecule has 0 aliphatic rings. The molecular formula is C10H14Cl2N2O2S. The Morgan fingerprint density at radius 1 is 1.35 bits per heavy atom. The van der Waals surface area contributed by atoms with Crippen molar-refractivity contribution in [3.63, 3.8) is 0 Å². The van der Waals surface area contributed by atoms with E-state index < -0.39 is 9.84 Å². The second-order valence-corrected chi connectivity index (χ2v) is 6.98. The van der Waals surface area contributed by atoms with E-state index in [1.54, 1.807) is 12.1 Å². The van der Waals surface area contributed by atoms with Gasteiger partial charge in [0.1, 0.15) is 15.0 Å². The quantitative estimate of drug-likeness (QED) is 0.779. The fraction of sp³-hybridized carbons (Fsp3) is 0.500. The highest BCUT2D eigenvalue weighted by molar-refractivity contribution is 7.90. The Balaban J connectivity index is 2.62. The summed E-state index contributed by atoms with van der Waals surface area (Å²) in [6.45, 7) is 0.901. The standard InChI is InChI=1S/C10H14Cl2N2O2S/c1-14(5-6-17(2,15)16)7-9-8(11)3-4-10(12)13-9/h3-4H,5-7H2,1-2H3. The van der Waals surface area contributed by atoms with Crippen LogP contribution in [0.2, 0.25) is 10.2 Å². The zero-order chi connectivity index (χ0) is 13.1. The zero-order valence-electron chi connectivity index (χ0n) is 9.65. The van der Waals surface area contributed by atoms with Crippen LogP contribution in [0.4, 0.5) is 0 Å². The minimum atomic E-state index is -2.95. The lowest BCUT2D eigenvalue weighted by Crippen LogP contribution is -2.25. The normalized spacial score (nSPS) is 12.1. The van der Waals surface area contributed by atoms with Crippen molar-refractivity contribution in [3.05, 3.63) is 28.0 Å². The fourth-order valence-corrected chi connectivity index (χ4v) is 2.20. The molecule has 1 rings (SSSR count). The highest BCUT2D eigenvalue weighted by atomic mass is 35.5. The molecule has 0 bridgehead atoms. The number of halogens is 2. The first-order chi connectivity index (χ1) is 7.78. The van der Waals surface area contributed by atoms with Crippen LogP contribution < -0.4 is 0 Å². The van der Waals surface area contributed by atoms with Crippen molar-refractivity contribution in [2.24, 2.45) is 0 Å². The topological polar surface area (TPSA) is 50.3 Å². The summed E-state index contributed by atoms with van der Waals surface area (Å²) < 4.78 is 22.0. The molecule has 0 radical (unpaired) electrons. The Labute approximate surface area is 111 Å². The maximum atomic E-state index is 11.0. The van der Waals surface area contributed by atoms with Gasteiger partial charge in [-0.3, -0.25) is 4.90 Å². The van der Waals surface area contributed by atoms with Gasteiger partial charge in [-0.2, -0.15) is 0 Å². The average molecular weight is 297 g/mol. The van der Waals surface area contributed by atoms with Crippen LogP contribution in [0.3, 0.4) is 0 Å². The number of hydrogen-bond donors (Lipinski definition) is 0. The Bertz CT molecular complexity index is 491. The maximum absolute atomic E-state index is 11.0. The molecule has 0 N–H and O–H groups in total. The van der Waals surface area contributed by atoms with Gasteiger partial charge in [0.15, 0.2) is 0 Å². The second kappa shape index (κ2) is 6.00. The van der Waals surface area contributed by atoms with Crippen LogP contribution in [0, 0.1) is 0 Å². The van der Waals surface area contributed by atoms with Gasteiger partial charge in [0.25, 0.3) is 0 Å². The van der Waals surface area contributed by atoms with Crippen molar-refractivity contribution in [1.82, 2.24) is 9.88 Å². The molecule has 0 aromatic carbocycles.